The van der Waals surface area contributed by atoms with Crippen molar-refractivity contribution in [3.05, 3.63) is 29.5 Å². The summed E-state index contributed by atoms with van der Waals surface area (Å²) < 4.78 is 10.6. The number of ether oxygens (including phenoxy) is 1. The number of carbonyl (C=O) groups excluding carboxylic acids is 2. The van der Waals surface area contributed by atoms with Crippen LogP contribution in [0.3, 0.4) is 0 Å². The van der Waals surface area contributed by atoms with Crippen molar-refractivity contribution in [3.8, 4) is 10.8 Å². The van der Waals surface area contributed by atoms with Crippen molar-refractivity contribution in [2.75, 3.05) is 6.54 Å². The molecule has 2 aromatic heterocycles. The third kappa shape index (κ3) is 5.87. The number of alkyl carbamates (subject to hydrolysis) is 1. The van der Waals surface area contributed by atoms with Crippen molar-refractivity contribution in [1.82, 2.24) is 15.6 Å². The number of amides is 2. The van der Waals surface area contributed by atoms with E-state index in [1.165, 1.54) is 17.5 Å². The zero-order chi connectivity index (χ0) is 19.3. The first-order chi connectivity index (χ1) is 12.2. The van der Waals surface area contributed by atoms with Gasteiger partial charge < -0.3 is 19.8 Å². The van der Waals surface area contributed by atoms with Crippen LogP contribution in [0.15, 0.2) is 29.0 Å². The fourth-order valence-electron chi connectivity index (χ4n) is 2.10. The molecule has 0 saturated carbocycles. The van der Waals surface area contributed by atoms with Gasteiger partial charge in [-0.1, -0.05) is 13.8 Å². The van der Waals surface area contributed by atoms with Crippen molar-refractivity contribution in [3.63, 3.8) is 0 Å². The first-order valence-electron chi connectivity index (χ1n) is 8.43. The maximum absolute atomic E-state index is 12.4. The van der Waals surface area contributed by atoms with Crippen LogP contribution in [-0.4, -0.2) is 35.2 Å². The van der Waals surface area contributed by atoms with E-state index in [2.05, 4.69) is 15.6 Å². The number of rotatable bonds is 6. The maximum Gasteiger partial charge on any atom is 0.407 e. The van der Waals surface area contributed by atoms with Gasteiger partial charge in [-0.25, -0.2) is 9.78 Å². The van der Waals surface area contributed by atoms with Gasteiger partial charge in [0.15, 0.2) is 10.8 Å². The Kier molecular flexibility index (Phi) is 6.42. The van der Waals surface area contributed by atoms with Crippen molar-refractivity contribution in [1.29, 1.82) is 0 Å². The number of aromatic nitrogens is 1. The Morgan fingerprint density at radius 1 is 1.35 bits per heavy atom. The van der Waals surface area contributed by atoms with Gasteiger partial charge in [-0.15, -0.1) is 11.3 Å². The number of nitrogens with one attached hydrogen (secondary N) is 2. The second kappa shape index (κ2) is 8.35. The van der Waals surface area contributed by atoms with Crippen LogP contribution in [0.1, 0.15) is 44.3 Å². The van der Waals surface area contributed by atoms with Crippen LogP contribution in [0.25, 0.3) is 10.8 Å². The number of thiazole rings is 1. The molecule has 0 aliphatic rings. The van der Waals surface area contributed by atoms with E-state index in [9.17, 15) is 9.59 Å². The minimum Gasteiger partial charge on any atom is -0.462 e. The third-order valence-corrected chi connectivity index (χ3v) is 4.46. The number of hydrogen-bond acceptors (Lipinski definition) is 6. The van der Waals surface area contributed by atoms with E-state index in [1.54, 1.807) is 39.2 Å². The highest BCUT2D eigenvalue weighted by Crippen LogP contribution is 2.25. The Labute approximate surface area is 157 Å². The molecule has 2 N–H and O–H groups in total. The van der Waals surface area contributed by atoms with Gasteiger partial charge in [0.05, 0.1) is 18.5 Å². The highest BCUT2D eigenvalue weighted by atomic mass is 32.1. The molecule has 0 aliphatic heterocycles. The molecular formula is C18H25N3O4S. The lowest BCUT2D eigenvalue weighted by atomic mass is 10.0. The smallest absolute Gasteiger partial charge is 0.407 e. The highest BCUT2D eigenvalue weighted by Gasteiger charge is 2.22. The van der Waals surface area contributed by atoms with Crippen LogP contribution in [0, 0.1) is 5.92 Å². The summed E-state index contributed by atoms with van der Waals surface area (Å²) in [4.78, 5) is 29.0. The molecule has 0 fully saturated rings. The Hall–Kier alpha value is -2.35. The van der Waals surface area contributed by atoms with Crippen LogP contribution in [0.4, 0.5) is 4.79 Å². The average Bonchev–Trinajstić information content (AvgIpc) is 3.18. The van der Waals surface area contributed by atoms with E-state index >= 15 is 0 Å². The molecular weight excluding hydrogens is 354 g/mol. The number of carbonyl (C=O) groups is 2. The van der Waals surface area contributed by atoms with Crippen molar-refractivity contribution >= 4 is 23.3 Å². The highest BCUT2D eigenvalue weighted by molar-refractivity contribution is 7.16. The molecule has 26 heavy (non-hydrogen) atoms. The molecule has 0 radical (unpaired) electrons. The summed E-state index contributed by atoms with van der Waals surface area (Å²) in [6.45, 7) is 9.65. The molecule has 0 aliphatic carbocycles. The molecule has 1 unspecified atom stereocenters. The molecule has 2 aromatic rings. The molecule has 1 atom stereocenters. The van der Waals surface area contributed by atoms with Crippen LogP contribution in [-0.2, 0) is 4.74 Å². The predicted octanol–water partition coefficient (Wildman–Crippen LogP) is 3.68. The first kappa shape index (κ1) is 20.0. The lowest BCUT2D eigenvalue weighted by molar-refractivity contribution is 0.0487. The quantitative estimate of drug-likeness (QED) is 0.798. The zero-order valence-corrected chi connectivity index (χ0v) is 16.5. The predicted molar refractivity (Wildman–Crippen MR) is 100 cm³/mol. The zero-order valence-electron chi connectivity index (χ0n) is 15.7. The summed E-state index contributed by atoms with van der Waals surface area (Å²) in [5.74, 6) is 0.514. The molecule has 0 saturated heterocycles. The molecule has 8 heteroatoms. The SMILES string of the molecule is CC(C)C(CNC(=O)c1cnc(-c2ccco2)s1)NC(=O)OC(C)(C)C. The topological polar surface area (TPSA) is 93.5 Å². The average molecular weight is 379 g/mol. The van der Waals surface area contributed by atoms with E-state index in [1.807, 2.05) is 13.8 Å². The van der Waals surface area contributed by atoms with Gasteiger partial charge in [0.2, 0.25) is 0 Å². The van der Waals surface area contributed by atoms with Gasteiger partial charge in [-0.05, 0) is 38.8 Å². The van der Waals surface area contributed by atoms with Gasteiger partial charge in [-0.3, -0.25) is 4.79 Å². The second-order valence-electron chi connectivity index (χ2n) is 7.21. The number of hydrogen-bond donors (Lipinski definition) is 2. The Balaban J connectivity index is 1.92. The molecule has 0 bridgehead atoms. The molecule has 7 nitrogen and oxygen atoms in total. The van der Waals surface area contributed by atoms with Crippen molar-refractivity contribution < 1.29 is 18.7 Å². The largest absolute Gasteiger partial charge is 0.462 e. The monoisotopic (exact) mass is 379 g/mol. The van der Waals surface area contributed by atoms with Crippen LogP contribution in [0.2, 0.25) is 0 Å². The Morgan fingerprint density at radius 3 is 2.65 bits per heavy atom. The summed E-state index contributed by atoms with van der Waals surface area (Å²) in [6, 6.07) is 3.32. The molecule has 0 spiro atoms. The fourth-order valence-corrected chi connectivity index (χ4v) is 2.90. The molecule has 2 amide bonds. The van der Waals surface area contributed by atoms with Crippen LogP contribution >= 0.6 is 11.3 Å². The number of nitrogens with zero attached hydrogens (tertiary/aromatic N) is 1. The Bertz CT molecular complexity index is 732. The number of furan rings is 1. The van der Waals surface area contributed by atoms with E-state index in [4.69, 9.17) is 9.15 Å². The standard InChI is InChI=1S/C18H25N3O4S/c1-11(2)12(21-17(23)25-18(3,4)5)9-19-15(22)14-10-20-16(26-14)13-7-6-8-24-13/h6-8,10-12H,9H2,1-5H3,(H,19,22)(H,21,23). The molecule has 2 rings (SSSR count). The van der Waals surface area contributed by atoms with Crippen LogP contribution in [0.5, 0.6) is 0 Å². The molecule has 0 aromatic carbocycles. The minimum absolute atomic E-state index is 0.128. The van der Waals surface area contributed by atoms with Gasteiger partial charge >= 0.3 is 6.09 Å². The van der Waals surface area contributed by atoms with E-state index < -0.39 is 11.7 Å². The summed E-state index contributed by atoms with van der Waals surface area (Å²) in [6.07, 6.45) is 2.58. The summed E-state index contributed by atoms with van der Waals surface area (Å²) >= 11 is 1.25. The normalized spacial score (nSPS) is 12.7. The Morgan fingerprint density at radius 2 is 2.08 bits per heavy atom. The van der Waals surface area contributed by atoms with E-state index in [0.717, 1.165) is 0 Å². The lowest BCUT2D eigenvalue weighted by Crippen LogP contribution is -2.48. The van der Waals surface area contributed by atoms with Gasteiger partial charge in [0.25, 0.3) is 5.91 Å². The van der Waals surface area contributed by atoms with E-state index in [0.29, 0.717) is 22.2 Å². The third-order valence-electron chi connectivity index (χ3n) is 3.45. The summed E-state index contributed by atoms with van der Waals surface area (Å²) in [5.41, 5.74) is -0.570. The van der Waals surface area contributed by atoms with Gasteiger partial charge in [-0.2, -0.15) is 0 Å². The van der Waals surface area contributed by atoms with Crippen molar-refractivity contribution in [2.24, 2.45) is 5.92 Å². The van der Waals surface area contributed by atoms with Crippen LogP contribution < -0.4 is 10.6 Å². The van der Waals surface area contributed by atoms with Gasteiger partial charge in [0, 0.05) is 6.54 Å². The molecule has 2 heterocycles. The lowest BCUT2D eigenvalue weighted by Gasteiger charge is -2.25. The van der Waals surface area contributed by atoms with Gasteiger partial charge in [0.1, 0.15) is 10.5 Å². The summed E-state index contributed by atoms with van der Waals surface area (Å²) in [5, 5.41) is 6.29. The minimum atomic E-state index is -0.570. The van der Waals surface area contributed by atoms with Crippen molar-refractivity contribution in [2.45, 2.75) is 46.3 Å². The summed E-state index contributed by atoms with van der Waals surface area (Å²) in [7, 11) is 0. The van der Waals surface area contributed by atoms with E-state index in [-0.39, 0.29) is 17.9 Å². The maximum atomic E-state index is 12.4. The first-order valence-corrected chi connectivity index (χ1v) is 9.25. The molecule has 142 valence electrons. The second-order valence-corrected chi connectivity index (χ2v) is 8.24. The fraction of sp³-hybridized carbons (Fsp3) is 0.500.